The molecule has 1 fully saturated rings. The number of ether oxygens (including phenoxy) is 2. The molecule has 7 heteroatoms. The lowest BCUT2D eigenvalue weighted by atomic mass is 9.93. The zero-order valence-corrected chi connectivity index (χ0v) is 20.5. The largest absolute Gasteiger partial charge is 0.454 e. The summed E-state index contributed by atoms with van der Waals surface area (Å²) in [4.78, 5) is 33.8. The molecule has 0 spiro atoms. The highest BCUT2D eigenvalue weighted by molar-refractivity contribution is 5.96. The molecule has 1 unspecified atom stereocenters. The number of carbonyl (C=O) groups excluding carboxylic acids is 2. The van der Waals surface area contributed by atoms with Gasteiger partial charge in [-0.3, -0.25) is 14.6 Å². The van der Waals surface area contributed by atoms with Crippen LogP contribution in [0.3, 0.4) is 0 Å². The van der Waals surface area contributed by atoms with E-state index >= 15 is 0 Å². The van der Waals surface area contributed by atoms with Crippen LogP contribution in [0.4, 0.5) is 0 Å². The molecule has 1 N–H and O–H groups in total. The van der Waals surface area contributed by atoms with E-state index in [2.05, 4.69) is 10.3 Å². The van der Waals surface area contributed by atoms with Gasteiger partial charge in [-0.2, -0.15) is 0 Å². The van der Waals surface area contributed by atoms with Crippen molar-refractivity contribution in [1.29, 1.82) is 0 Å². The minimum Gasteiger partial charge on any atom is -0.454 e. The summed E-state index contributed by atoms with van der Waals surface area (Å²) < 4.78 is 11.0. The summed E-state index contributed by atoms with van der Waals surface area (Å²) in [7, 11) is 0. The van der Waals surface area contributed by atoms with E-state index in [0.29, 0.717) is 17.2 Å². The lowest BCUT2D eigenvalue weighted by Gasteiger charge is -2.34. The highest BCUT2D eigenvalue weighted by atomic mass is 16.7. The number of nitrogens with one attached hydrogen (secondary N) is 1. The highest BCUT2D eigenvalue weighted by Gasteiger charge is 2.35. The van der Waals surface area contributed by atoms with Gasteiger partial charge in [0.05, 0.1) is 0 Å². The molecule has 1 saturated carbocycles. The third-order valence-corrected chi connectivity index (χ3v) is 6.93. The first-order valence-electron chi connectivity index (χ1n) is 12.6. The number of nitrogens with zero attached hydrogens (tertiary/aromatic N) is 2. The predicted octanol–water partition coefficient (Wildman–Crippen LogP) is 4.95. The van der Waals surface area contributed by atoms with Crippen LogP contribution in [0.15, 0.2) is 66.9 Å². The molecule has 1 aliphatic heterocycles. The normalized spacial score (nSPS) is 15.8. The minimum atomic E-state index is -0.812. The maximum atomic E-state index is 13.9. The monoisotopic (exact) mass is 485 g/mol. The number of fused-ring (bicyclic) bond motifs is 1. The fraction of sp³-hybridized carbons (Fsp3) is 0.345. The van der Waals surface area contributed by atoms with Gasteiger partial charge in [-0.15, -0.1) is 0 Å². The van der Waals surface area contributed by atoms with Crippen LogP contribution in [-0.4, -0.2) is 34.5 Å². The second kappa shape index (κ2) is 10.8. The van der Waals surface area contributed by atoms with Crippen molar-refractivity contribution in [2.45, 2.75) is 57.7 Å². The number of amides is 2. The van der Waals surface area contributed by atoms with Crippen LogP contribution in [0, 0.1) is 6.92 Å². The molecule has 1 atom stereocenters. The molecule has 0 saturated heterocycles. The summed E-state index contributed by atoms with van der Waals surface area (Å²) in [6, 6.07) is 17.9. The van der Waals surface area contributed by atoms with Crippen LogP contribution in [0.2, 0.25) is 0 Å². The number of rotatable bonds is 7. The summed E-state index contributed by atoms with van der Waals surface area (Å²) in [6.45, 7) is 2.36. The molecule has 0 bridgehead atoms. The summed E-state index contributed by atoms with van der Waals surface area (Å²) in [6.07, 6.45) is 6.92. The van der Waals surface area contributed by atoms with E-state index in [-0.39, 0.29) is 31.2 Å². The molecule has 2 amide bonds. The van der Waals surface area contributed by atoms with Crippen LogP contribution in [0.25, 0.3) is 0 Å². The van der Waals surface area contributed by atoms with Crippen molar-refractivity contribution in [3.05, 3.63) is 89.2 Å². The van der Waals surface area contributed by atoms with Crippen molar-refractivity contribution in [2.75, 3.05) is 6.79 Å². The Balaban J connectivity index is 1.55. The highest BCUT2D eigenvalue weighted by Crippen LogP contribution is 2.34. The molecule has 186 valence electrons. The lowest BCUT2D eigenvalue weighted by molar-refractivity contribution is -0.127. The van der Waals surface area contributed by atoms with E-state index in [9.17, 15) is 9.59 Å². The molecular weight excluding hydrogens is 454 g/mol. The summed E-state index contributed by atoms with van der Waals surface area (Å²) in [5, 5.41) is 3.26. The van der Waals surface area contributed by atoms with E-state index < -0.39 is 6.04 Å². The third-order valence-electron chi connectivity index (χ3n) is 6.93. The Hall–Kier alpha value is -3.87. The second-order valence-corrected chi connectivity index (χ2v) is 9.44. The first kappa shape index (κ1) is 23.9. The van der Waals surface area contributed by atoms with Crippen molar-refractivity contribution in [3.8, 4) is 11.5 Å². The van der Waals surface area contributed by atoms with Gasteiger partial charge in [0, 0.05) is 18.8 Å². The number of aryl methyl sites for hydroxylation is 1. The van der Waals surface area contributed by atoms with Crippen LogP contribution in [-0.2, 0) is 11.3 Å². The Labute approximate surface area is 211 Å². The zero-order chi connectivity index (χ0) is 24.9. The van der Waals surface area contributed by atoms with E-state index in [4.69, 9.17) is 9.47 Å². The van der Waals surface area contributed by atoms with Crippen LogP contribution < -0.4 is 14.8 Å². The number of hydrogen-bond donors (Lipinski definition) is 1. The third kappa shape index (κ3) is 5.20. The second-order valence-electron chi connectivity index (χ2n) is 9.44. The quantitative estimate of drug-likeness (QED) is 0.512. The number of carbonyl (C=O) groups is 2. The molecule has 2 aliphatic rings. The Morgan fingerprint density at radius 3 is 2.56 bits per heavy atom. The van der Waals surface area contributed by atoms with Crippen LogP contribution in [0.1, 0.15) is 65.3 Å². The molecule has 0 radical (unpaired) electrons. The van der Waals surface area contributed by atoms with Crippen molar-refractivity contribution < 1.29 is 19.1 Å². The van der Waals surface area contributed by atoms with E-state index in [1.807, 2.05) is 49.4 Å². The first-order chi connectivity index (χ1) is 17.6. The maximum Gasteiger partial charge on any atom is 0.273 e. The van der Waals surface area contributed by atoms with Crippen molar-refractivity contribution in [2.24, 2.45) is 0 Å². The average molecular weight is 486 g/mol. The number of benzene rings is 2. The van der Waals surface area contributed by atoms with Crippen molar-refractivity contribution in [3.63, 3.8) is 0 Å². The Kier molecular flexibility index (Phi) is 7.16. The molecule has 5 rings (SSSR count). The van der Waals surface area contributed by atoms with Crippen molar-refractivity contribution in [1.82, 2.24) is 15.2 Å². The average Bonchev–Trinajstić information content (AvgIpc) is 3.38. The van der Waals surface area contributed by atoms with Gasteiger partial charge in [-0.1, -0.05) is 55.7 Å². The SMILES string of the molecule is Cc1ccccc1C(C(=O)NC1CCCCC1)N(Cc1ccc2c(c1)OCO2)C(=O)c1ccccn1. The number of hydrogen-bond acceptors (Lipinski definition) is 5. The van der Waals surface area contributed by atoms with Gasteiger partial charge < -0.3 is 19.7 Å². The number of pyridine rings is 1. The Bertz CT molecular complexity index is 1220. The molecule has 3 aromatic rings. The van der Waals surface area contributed by atoms with Gasteiger partial charge in [-0.05, 0) is 60.7 Å². The Morgan fingerprint density at radius 1 is 1.00 bits per heavy atom. The summed E-state index contributed by atoms with van der Waals surface area (Å²) in [5.74, 6) is 0.838. The smallest absolute Gasteiger partial charge is 0.273 e. The Morgan fingerprint density at radius 2 is 1.78 bits per heavy atom. The topological polar surface area (TPSA) is 80.8 Å². The van der Waals surface area contributed by atoms with Crippen molar-refractivity contribution >= 4 is 11.8 Å². The van der Waals surface area contributed by atoms with Gasteiger partial charge in [0.2, 0.25) is 12.7 Å². The predicted molar refractivity (Wildman–Crippen MR) is 136 cm³/mol. The minimum absolute atomic E-state index is 0.120. The van der Waals surface area contributed by atoms with E-state index in [1.54, 1.807) is 29.3 Å². The molecule has 36 heavy (non-hydrogen) atoms. The van der Waals surface area contributed by atoms with Gasteiger partial charge in [0.25, 0.3) is 5.91 Å². The fourth-order valence-corrected chi connectivity index (χ4v) is 5.02. The molecule has 1 aromatic heterocycles. The summed E-state index contributed by atoms with van der Waals surface area (Å²) in [5.41, 5.74) is 2.89. The summed E-state index contributed by atoms with van der Waals surface area (Å²) >= 11 is 0. The molecule has 7 nitrogen and oxygen atoms in total. The fourth-order valence-electron chi connectivity index (χ4n) is 5.02. The van der Waals surface area contributed by atoms with Gasteiger partial charge in [-0.25, -0.2) is 0 Å². The first-order valence-corrected chi connectivity index (χ1v) is 12.6. The maximum absolute atomic E-state index is 13.9. The molecule has 1 aliphatic carbocycles. The van der Waals surface area contributed by atoms with Gasteiger partial charge in [0.1, 0.15) is 11.7 Å². The zero-order valence-electron chi connectivity index (χ0n) is 20.5. The van der Waals surface area contributed by atoms with E-state index in [1.165, 1.54) is 6.42 Å². The van der Waals surface area contributed by atoms with Crippen LogP contribution in [0.5, 0.6) is 11.5 Å². The number of aromatic nitrogens is 1. The molecule has 2 heterocycles. The van der Waals surface area contributed by atoms with Gasteiger partial charge in [0.15, 0.2) is 11.5 Å². The molecular formula is C29H31N3O4. The van der Waals surface area contributed by atoms with E-state index in [0.717, 1.165) is 42.4 Å². The standard InChI is InChI=1S/C29H31N3O4/c1-20-9-5-6-12-23(20)27(28(33)31-22-10-3-2-4-11-22)32(29(34)24-13-7-8-16-30-24)18-21-14-15-25-26(17-21)36-19-35-25/h5-9,12-17,22,27H,2-4,10-11,18-19H2,1H3,(H,31,33). The van der Waals surface area contributed by atoms with Crippen LogP contribution >= 0.6 is 0 Å². The lowest BCUT2D eigenvalue weighted by Crippen LogP contribution is -2.47. The molecule has 2 aromatic carbocycles. The van der Waals surface area contributed by atoms with Gasteiger partial charge >= 0.3 is 0 Å².